The number of nitrogens with one attached hydrogen (secondary N) is 1. The molecule has 3 nitrogen and oxygen atoms in total. The Balaban J connectivity index is 2.73. The Kier molecular flexibility index (Phi) is 5.35. The SMILES string of the molecule is CC[C@H](C)[C@H](NCc1cc(C)ccc1C)C(=O)O. The van der Waals surface area contributed by atoms with Crippen molar-refractivity contribution in [2.45, 2.75) is 46.7 Å². The van der Waals surface area contributed by atoms with E-state index in [0.717, 1.165) is 6.42 Å². The quantitative estimate of drug-likeness (QED) is 0.815. The van der Waals surface area contributed by atoms with Crippen molar-refractivity contribution >= 4 is 5.97 Å². The average Bonchev–Trinajstić information content (AvgIpc) is 2.32. The lowest BCUT2D eigenvalue weighted by Crippen LogP contribution is -2.41. The molecular formula is C15H23NO2. The largest absolute Gasteiger partial charge is 0.480 e. The van der Waals surface area contributed by atoms with Crippen molar-refractivity contribution in [3.05, 3.63) is 34.9 Å². The highest BCUT2D eigenvalue weighted by molar-refractivity contribution is 5.73. The molecule has 0 aliphatic rings. The van der Waals surface area contributed by atoms with Gasteiger partial charge in [-0.25, -0.2) is 0 Å². The Labute approximate surface area is 109 Å². The van der Waals surface area contributed by atoms with E-state index in [0.29, 0.717) is 6.54 Å². The van der Waals surface area contributed by atoms with Crippen LogP contribution >= 0.6 is 0 Å². The Morgan fingerprint density at radius 3 is 2.61 bits per heavy atom. The van der Waals surface area contributed by atoms with Crippen molar-refractivity contribution < 1.29 is 9.90 Å². The van der Waals surface area contributed by atoms with E-state index in [2.05, 4.69) is 30.4 Å². The molecule has 0 aliphatic heterocycles. The number of aliphatic carboxylic acids is 1. The van der Waals surface area contributed by atoms with Gasteiger partial charge in [0.25, 0.3) is 0 Å². The Bertz CT molecular complexity index is 415. The van der Waals surface area contributed by atoms with Gasteiger partial charge in [0.15, 0.2) is 0 Å². The highest BCUT2D eigenvalue weighted by atomic mass is 16.4. The third-order valence-electron chi connectivity index (χ3n) is 3.50. The number of aryl methyl sites for hydroxylation is 2. The van der Waals surface area contributed by atoms with Gasteiger partial charge in [-0.15, -0.1) is 0 Å². The highest BCUT2D eigenvalue weighted by Gasteiger charge is 2.22. The molecule has 1 aromatic carbocycles. The first kappa shape index (κ1) is 14.7. The van der Waals surface area contributed by atoms with Crippen molar-refractivity contribution in [1.82, 2.24) is 5.32 Å². The van der Waals surface area contributed by atoms with Gasteiger partial charge in [-0.1, -0.05) is 44.0 Å². The van der Waals surface area contributed by atoms with Crippen molar-refractivity contribution in [2.75, 3.05) is 0 Å². The number of carbonyl (C=O) groups is 1. The molecule has 1 aromatic rings. The molecule has 100 valence electrons. The smallest absolute Gasteiger partial charge is 0.320 e. The van der Waals surface area contributed by atoms with Crippen molar-refractivity contribution in [3.8, 4) is 0 Å². The van der Waals surface area contributed by atoms with Gasteiger partial charge < -0.3 is 10.4 Å². The van der Waals surface area contributed by atoms with Gasteiger partial charge in [0, 0.05) is 6.54 Å². The van der Waals surface area contributed by atoms with Crippen LogP contribution in [0.4, 0.5) is 0 Å². The first-order valence-electron chi connectivity index (χ1n) is 6.48. The number of benzene rings is 1. The number of rotatable bonds is 6. The summed E-state index contributed by atoms with van der Waals surface area (Å²) in [6, 6.07) is 5.78. The lowest BCUT2D eigenvalue weighted by molar-refractivity contribution is -0.140. The summed E-state index contributed by atoms with van der Waals surface area (Å²) in [5.41, 5.74) is 3.57. The second-order valence-electron chi connectivity index (χ2n) is 5.01. The van der Waals surface area contributed by atoms with Crippen LogP contribution in [0.1, 0.15) is 37.0 Å². The zero-order valence-electron chi connectivity index (χ0n) is 11.7. The zero-order valence-corrected chi connectivity index (χ0v) is 11.7. The molecule has 0 unspecified atom stereocenters. The normalized spacial score (nSPS) is 14.2. The fourth-order valence-corrected chi connectivity index (χ4v) is 1.98. The van der Waals surface area contributed by atoms with Crippen LogP contribution < -0.4 is 5.32 Å². The first-order valence-corrected chi connectivity index (χ1v) is 6.48. The topological polar surface area (TPSA) is 49.3 Å². The van der Waals surface area contributed by atoms with Crippen LogP contribution in [-0.4, -0.2) is 17.1 Å². The summed E-state index contributed by atoms with van der Waals surface area (Å²) in [4.78, 5) is 11.2. The van der Waals surface area contributed by atoms with Gasteiger partial charge in [-0.2, -0.15) is 0 Å². The van der Waals surface area contributed by atoms with E-state index < -0.39 is 12.0 Å². The lowest BCUT2D eigenvalue weighted by atomic mass is 9.98. The Morgan fingerprint density at radius 2 is 2.06 bits per heavy atom. The van der Waals surface area contributed by atoms with Crippen LogP contribution in [0.5, 0.6) is 0 Å². The molecule has 0 heterocycles. The standard InChI is InChI=1S/C15H23NO2/c1-5-11(3)14(15(17)18)16-9-13-8-10(2)6-7-12(13)4/h6-8,11,14,16H,5,9H2,1-4H3,(H,17,18)/t11-,14-/m0/s1. The molecular weight excluding hydrogens is 226 g/mol. The Hall–Kier alpha value is -1.35. The summed E-state index contributed by atoms with van der Waals surface area (Å²) < 4.78 is 0. The molecule has 0 aromatic heterocycles. The molecule has 0 saturated heterocycles. The summed E-state index contributed by atoms with van der Waals surface area (Å²) in [6.45, 7) is 8.69. The summed E-state index contributed by atoms with van der Waals surface area (Å²) in [5.74, 6) is -0.637. The monoisotopic (exact) mass is 249 g/mol. The van der Waals surface area contributed by atoms with Gasteiger partial charge in [0.1, 0.15) is 6.04 Å². The van der Waals surface area contributed by atoms with Crippen LogP contribution in [-0.2, 0) is 11.3 Å². The van der Waals surface area contributed by atoms with E-state index in [1.807, 2.05) is 20.8 Å². The van der Waals surface area contributed by atoms with Gasteiger partial charge in [0.05, 0.1) is 0 Å². The van der Waals surface area contributed by atoms with Gasteiger partial charge >= 0.3 is 5.97 Å². The molecule has 0 saturated carbocycles. The lowest BCUT2D eigenvalue weighted by Gasteiger charge is -2.20. The fraction of sp³-hybridized carbons (Fsp3) is 0.533. The molecule has 2 N–H and O–H groups in total. The van der Waals surface area contributed by atoms with E-state index in [1.165, 1.54) is 16.7 Å². The summed E-state index contributed by atoms with van der Waals surface area (Å²) in [5, 5.41) is 12.4. The minimum Gasteiger partial charge on any atom is -0.480 e. The van der Waals surface area contributed by atoms with Crippen molar-refractivity contribution in [2.24, 2.45) is 5.92 Å². The molecule has 0 fully saturated rings. The predicted molar refractivity (Wildman–Crippen MR) is 73.6 cm³/mol. The predicted octanol–water partition coefficient (Wildman–Crippen LogP) is 2.89. The molecule has 0 radical (unpaired) electrons. The summed E-state index contributed by atoms with van der Waals surface area (Å²) in [6.07, 6.45) is 0.858. The van der Waals surface area contributed by atoms with Crippen LogP contribution in [0.3, 0.4) is 0 Å². The minimum absolute atomic E-state index is 0.132. The van der Waals surface area contributed by atoms with Gasteiger partial charge in [-0.05, 0) is 30.9 Å². The molecule has 3 heteroatoms. The van der Waals surface area contributed by atoms with Gasteiger partial charge in [0.2, 0.25) is 0 Å². The van der Waals surface area contributed by atoms with Crippen LogP contribution in [0, 0.1) is 19.8 Å². The maximum Gasteiger partial charge on any atom is 0.320 e. The average molecular weight is 249 g/mol. The zero-order chi connectivity index (χ0) is 13.7. The molecule has 0 bridgehead atoms. The number of carboxylic acids is 1. The summed E-state index contributed by atoms with van der Waals surface area (Å²) >= 11 is 0. The highest BCUT2D eigenvalue weighted by Crippen LogP contribution is 2.13. The van der Waals surface area contributed by atoms with E-state index in [1.54, 1.807) is 0 Å². The van der Waals surface area contributed by atoms with Crippen molar-refractivity contribution in [3.63, 3.8) is 0 Å². The van der Waals surface area contributed by atoms with E-state index >= 15 is 0 Å². The molecule has 18 heavy (non-hydrogen) atoms. The third-order valence-corrected chi connectivity index (χ3v) is 3.50. The van der Waals surface area contributed by atoms with E-state index in [4.69, 9.17) is 0 Å². The molecule has 2 atom stereocenters. The van der Waals surface area contributed by atoms with E-state index in [9.17, 15) is 9.90 Å². The first-order chi connectivity index (χ1) is 8.45. The maximum absolute atomic E-state index is 11.2. The third kappa shape index (κ3) is 3.84. The molecule has 1 rings (SSSR count). The van der Waals surface area contributed by atoms with Gasteiger partial charge in [-0.3, -0.25) is 4.79 Å². The second-order valence-corrected chi connectivity index (χ2v) is 5.01. The maximum atomic E-state index is 11.2. The van der Waals surface area contributed by atoms with Crippen LogP contribution in [0.2, 0.25) is 0 Å². The van der Waals surface area contributed by atoms with E-state index in [-0.39, 0.29) is 5.92 Å². The molecule has 0 aliphatic carbocycles. The van der Waals surface area contributed by atoms with Crippen molar-refractivity contribution in [1.29, 1.82) is 0 Å². The van der Waals surface area contributed by atoms with Crippen LogP contribution in [0.15, 0.2) is 18.2 Å². The minimum atomic E-state index is -0.769. The number of hydrogen-bond donors (Lipinski definition) is 2. The second kappa shape index (κ2) is 6.55. The summed E-state index contributed by atoms with van der Waals surface area (Å²) in [7, 11) is 0. The number of hydrogen-bond acceptors (Lipinski definition) is 2. The molecule has 0 spiro atoms. The van der Waals surface area contributed by atoms with Crippen LogP contribution in [0.25, 0.3) is 0 Å². The molecule has 0 amide bonds. The fourth-order valence-electron chi connectivity index (χ4n) is 1.98. The number of carboxylic acid groups (broad SMARTS) is 1. The Morgan fingerprint density at radius 1 is 1.39 bits per heavy atom.